The molecule has 3 unspecified atom stereocenters. The van der Waals surface area contributed by atoms with E-state index in [2.05, 4.69) is 14.2 Å². The molecule has 0 aromatic carbocycles. The number of hydrogen-bond acceptors (Lipinski definition) is 6. The van der Waals surface area contributed by atoms with Crippen LogP contribution in [0.1, 0.15) is 40.0 Å². The molecule has 41 heavy (non-hydrogen) atoms. The standard InChI is InChI=1S/C22H27F13O6/c1-4-10(36)7-39-14-17(24,25)13(23)18(26,27)15(20(14,30)31,40-8-11(37)5-2)22(34,35)16(19(13,28)29,21(14,32)33)41-9-12(38)6-3/h10-12,36-38H,4-9H2,1-3H3. The van der Waals surface area contributed by atoms with Gasteiger partial charge in [0.05, 0.1) is 38.1 Å². The SMILES string of the molecule is CCC(O)COC12C(F)(F)C3(F)C(F)(F)C(OCC(O)CC)(C1(F)F)C(F)(F)C(OCC(O)CC)(C3(F)F)C2(F)F. The highest BCUT2D eigenvalue weighted by atomic mass is 19.3. The Morgan fingerprint density at radius 2 is 0.610 bits per heavy atom. The fraction of sp³-hybridized carbons (Fsp3) is 1.00. The Kier molecular flexibility index (Phi) is 7.89. The van der Waals surface area contributed by atoms with Crippen LogP contribution in [0.4, 0.5) is 57.1 Å². The summed E-state index contributed by atoms with van der Waals surface area (Å²) < 4.78 is 218. The Morgan fingerprint density at radius 3 is 0.780 bits per heavy atom. The lowest BCUT2D eigenvalue weighted by Crippen LogP contribution is -3.12. The highest BCUT2D eigenvalue weighted by Crippen LogP contribution is 2.88. The van der Waals surface area contributed by atoms with Crippen LogP contribution < -0.4 is 0 Å². The normalized spacial score (nSPS) is 40.8. The molecule has 4 rings (SSSR count). The number of rotatable bonds is 12. The fourth-order valence-electron chi connectivity index (χ4n) is 5.67. The third-order valence-electron chi connectivity index (χ3n) is 8.17. The van der Waals surface area contributed by atoms with Crippen LogP contribution in [0, 0.1) is 0 Å². The van der Waals surface area contributed by atoms with Crippen molar-refractivity contribution in [2.45, 2.75) is 116 Å². The van der Waals surface area contributed by atoms with Gasteiger partial charge in [0.1, 0.15) is 0 Å². The molecule has 4 aliphatic rings. The molecule has 0 spiro atoms. The van der Waals surface area contributed by atoms with E-state index in [4.69, 9.17) is 0 Å². The fourth-order valence-corrected chi connectivity index (χ4v) is 5.67. The van der Waals surface area contributed by atoms with E-state index in [1.165, 1.54) is 0 Å². The minimum absolute atomic E-state index is 0.670. The molecule has 0 amide bonds. The topological polar surface area (TPSA) is 88.4 Å². The lowest BCUT2D eigenvalue weighted by molar-refractivity contribution is -0.640. The van der Waals surface area contributed by atoms with Gasteiger partial charge >= 0.3 is 41.2 Å². The van der Waals surface area contributed by atoms with Crippen molar-refractivity contribution in [3.63, 3.8) is 0 Å². The van der Waals surface area contributed by atoms with Gasteiger partial charge in [-0.05, 0) is 19.3 Å². The Morgan fingerprint density at radius 1 is 0.415 bits per heavy atom. The zero-order chi connectivity index (χ0) is 32.1. The Bertz CT molecular complexity index is 867. The molecule has 4 bridgehead atoms. The van der Waals surface area contributed by atoms with Crippen molar-refractivity contribution in [2.75, 3.05) is 19.8 Å². The van der Waals surface area contributed by atoms with Gasteiger partial charge in [0.25, 0.3) is 16.8 Å². The third kappa shape index (κ3) is 3.08. The van der Waals surface area contributed by atoms with Crippen molar-refractivity contribution in [1.29, 1.82) is 0 Å². The zero-order valence-electron chi connectivity index (χ0n) is 21.5. The Balaban J connectivity index is 2.62. The summed E-state index contributed by atoms with van der Waals surface area (Å²) in [6.07, 6.45) is -8.84. The van der Waals surface area contributed by atoms with Gasteiger partial charge in [-0.25, -0.2) is 4.39 Å². The summed E-state index contributed by atoms with van der Waals surface area (Å²) in [4.78, 5) is 0. The molecular weight excluding hydrogens is 607 g/mol. The molecular formula is C22H27F13O6. The number of aliphatic hydroxyl groups is 3. The van der Waals surface area contributed by atoms with E-state index < -0.39 is 115 Å². The number of ether oxygens (including phenoxy) is 3. The number of hydrogen-bond donors (Lipinski definition) is 3. The van der Waals surface area contributed by atoms with Gasteiger partial charge < -0.3 is 29.5 Å². The van der Waals surface area contributed by atoms with E-state index in [-0.39, 0.29) is 0 Å². The first-order valence-electron chi connectivity index (χ1n) is 12.3. The molecule has 0 aliphatic heterocycles. The highest BCUT2D eigenvalue weighted by molar-refractivity contribution is 5.55. The first-order chi connectivity index (χ1) is 18.4. The first-order valence-corrected chi connectivity index (χ1v) is 12.3. The van der Waals surface area contributed by atoms with Crippen molar-refractivity contribution in [3.05, 3.63) is 0 Å². The smallest absolute Gasteiger partial charge is 0.334 e. The molecule has 0 aromatic heterocycles. The highest BCUT2D eigenvalue weighted by Gasteiger charge is 3.22. The van der Waals surface area contributed by atoms with Crippen LogP contribution in [0.25, 0.3) is 0 Å². The number of aliphatic hydroxyl groups excluding tert-OH is 3. The van der Waals surface area contributed by atoms with Gasteiger partial charge in [0.2, 0.25) is 0 Å². The summed E-state index contributed by atoms with van der Waals surface area (Å²) in [5.74, 6) is -43.8. The molecule has 0 radical (unpaired) electrons. The third-order valence-corrected chi connectivity index (χ3v) is 8.17. The second kappa shape index (κ2) is 9.42. The molecule has 4 aliphatic carbocycles. The van der Waals surface area contributed by atoms with Crippen LogP contribution in [0.5, 0.6) is 0 Å². The number of halogens is 13. The first kappa shape index (κ1) is 34.3. The minimum atomic E-state index is -7.42. The van der Waals surface area contributed by atoms with Gasteiger partial charge in [-0.3, -0.25) is 0 Å². The average molecular weight is 634 g/mol. The summed E-state index contributed by atoms with van der Waals surface area (Å²) >= 11 is 0. The monoisotopic (exact) mass is 634 g/mol. The molecule has 3 atom stereocenters. The van der Waals surface area contributed by atoms with Crippen molar-refractivity contribution >= 4 is 0 Å². The van der Waals surface area contributed by atoms with Crippen molar-refractivity contribution in [1.82, 2.24) is 0 Å². The van der Waals surface area contributed by atoms with Crippen LogP contribution in [0.2, 0.25) is 0 Å². The predicted octanol–water partition coefficient (Wildman–Crippen LogP) is 4.13. The minimum Gasteiger partial charge on any atom is -0.391 e. The van der Waals surface area contributed by atoms with Crippen molar-refractivity contribution in [3.8, 4) is 0 Å². The van der Waals surface area contributed by atoms with Gasteiger partial charge in [-0.2, -0.15) is 52.7 Å². The average Bonchev–Trinajstić information content (AvgIpc) is 2.84. The summed E-state index contributed by atoms with van der Waals surface area (Å²) in [7, 11) is 0. The maximum absolute atomic E-state index is 16.1. The molecule has 4 fully saturated rings. The summed E-state index contributed by atoms with van der Waals surface area (Å²) in [5, 5.41) is 29.0. The molecule has 0 aromatic rings. The quantitative estimate of drug-likeness (QED) is 0.280. The Labute approximate surface area is 223 Å². The molecule has 19 heteroatoms. The summed E-state index contributed by atoms with van der Waals surface area (Å²) in [6, 6.07) is 0. The van der Waals surface area contributed by atoms with Crippen molar-refractivity contribution in [2.24, 2.45) is 0 Å². The van der Waals surface area contributed by atoms with Crippen LogP contribution >= 0.6 is 0 Å². The van der Waals surface area contributed by atoms with E-state index in [9.17, 15) is 15.3 Å². The van der Waals surface area contributed by atoms with E-state index in [0.29, 0.717) is 0 Å². The molecule has 3 N–H and O–H groups in total. The van der Waals surface area contributed by atoms with Crippen molar-refractivity contribution < 1.29 is 86.6 Å². The molecule has 4 saturated carbocycles. The predicted molar refractivity (Wildman–Crippen MR) is 108 cm³/mol. The van der Waals surface area contributed by atoms with Crippen LogP contribution in [-0.2, 0) is 14.2 Å². The van der Waals surface area contributed by atoms with E-state index in [1.54, 1.807) is 0 Å². The van der Waals surface area contributed by atoms with Crippen LogP contribution in [0.3, 0.4) is 0 Å². The summed E-state index contributed by atoms with van der Waals surface area (Å²) in [6.45, 7) is -3.42. The summed E-state index contributed by atoms with van der Waals surface area (Å²) in [5.41, 5.74) is -27.3. The maximum atomic E-state index is 16.1. The lowest BCUT2D eigenvalue weighted by atomic mass is 9.38. The second-order valence-corrected chi connectivity index (χ2v) is 10.3. The lowest BCUT2D eigenvalue weighted by Gasteiger charge is -2.77. The number of alkyl halides is 13. The van der Waals surface area contributed by atoms with E-state index in [0.717, 1.165) is 20.8 Å². The molecule has 6 nitrogen and oxygen atoms in total. The van der Waals surface area contributed by atoms with Crippen LogP contribution in [-0.4, -0.2) is 111 Å². The second-order valence-electron chi connectivity index (χ2n) is 10.3. The molecule has 0 saturated heterocycles. The Hall–Kier alpha value is -1.15. The van der Waals surface area contributed by atoms with Gasteiger partial charge in [0.15, 0.2) is 0 Å². The van der Waals surface area contributed by atoms with Gasteiger partial charge in [-0.1, -0.05) is 20.8 Å². The van der Waals surface area contributed by atoms with Crippen LogP contribution in [0.15, 0.2) is 0 Å². The van der Waals surface area contributed by atoms with E-state index in [1.807, 2.05) is 0 Å². The maximum Gasteiger partial charge on any atom is 0.334 e. The molecule has 242 valence electrons. The van der Waals surface area contributed by atoms with Gasteiger partial charge in [0, 0.05) is 0 Å². The largest absolute Gasteiger partial charge is 0.391 e. The van der Waals surface area contributed by atoms with E-state index >= 15 is 57.1 Å². The van der Waals surface area contributed by atoms with Gasteiger partial charge in [-0.15, -0.1) is 0 Å². The zero-order valence-corrected chi connectivity index (χ0v) is 21.5. The molecule has 0 heterocycles.